The fourth-order valence-corrected chi connectivity index (χ4v) is 4.46. The van der Waals surface area contributed by atoms with E-state index in [9.17, 15) is 13.2 Å². The number of rotatable bonds is 5. The van der Waals surface area contributed by atoms with Crippen molar-refractivity contribution in [1.82, 2.24) is 4.72 Å². The van der Waals surface area contributed by atoms with Crippen LogP contribution in [-0.2, 0) is 21.2 Å². The minimum absolute atomic E-state index is 0.0830. The van der Waals surface area contributed by atoms with E-state index < -0.39 is 10.0 Å². The first-order valence-electron chi connectivity index (χ1n) is 8.08. The molecule has 2 aliphatic heterocycles. The molecule has 0 spiro atoms. The summed E-state index contributed by atoms with van der Waals surface area (Å²) in [6, 6.07) is 3.42. The number of likely N-dealkylation sites (N-methyl/N-ethyl adjacent to an activating group) is 1. The fraction of sp³-hybridized carbons (Fsp3) is 0.562. The van der Waals surface area contributed by atoms with Gasteiger partial charge >= 0.3 is 0 Å². The number of benzene rings is 1. The highest BCUT2D eigenvalue weighted by Gasteiger charge is 2.38. The van der Waals surface area contributed by atoms with Gasteiger partial charge in [-0.15, -0.1) is 0 Å². The molecule has 6 nitrogen and oxygen atoms in total. The molecule has 0 saturated heterocycles. The molecule has 2 heterocycles. The first kappa shape index (κ1) is 16.4. The van der Waals surface area contributed by atoms with Crippen LogP contribution in [0.3, 0.4) is 0 Å². The normalized spacial score (nSPS) is 20.3. The molecule has 0 bridgehead atoms. The van der Waals surface area contributed by atoms with Gasteiger partial charge in [-0.1, -0.05) is 0 Å². The smallest absolute Gasteiger partial charge is 0.240 e. The summed E-state index contributed by atoms with van der Waals surface area (Å²) in [7, 11) is 0.426. The number of nitrogens with zero attached hydrogens (tertiary/aromatic N) is 1. The molecular weight excluding hydrogens is 314 g/mol. The molecule has 0 fully saturated rings. The molecule has 3 rings (SSSR count). The van der Waals surface area contributed by atoms with Crippen molar-refractivity contribution in [3.63, 3.8) is 0 Å². The van der Waals surface area contributed by atoms with Gasteiger partial charge in [0.1, 0.15) is 0 Å². The van der Waals surface area contributed by atoms with Crippen molar-refractivity contribution in [3.05, 3.63) is 23.3 Å². The molecule has 0 saturated carbocycles. The van der Waals surface area contributed by atoms with Gasteiger partial charge in [-0.25, -0.2) is 13.1 Å². The average molecular weight is 338 g/mol. The van der Waals surface area contributed by atoms with E-state index in [0.717, 1.165) is 42.7 Å². The van der Waals surface area contributed by atoms with Gasteiger partial charge < -0.3 is 9.80 Å². The Morgan fingerprint density at radius 3 is 2.78 bits per heavy atom. The lowest BCUT2D eigenvalue weighted by Crippen LogP contribution is -3.06. The Bertz CT molecular complexity index is 743. The lowest BCUT2D eigenvalue weighted by atomic mass is 9.97. The average Bonchev–Trinajstić information content (AvgIpc) is 2.74. The van der Waals surface area contributed by atoms with Crippen LogP contribution in [0.5, 0.6) is 0 Å². The molecular formula is C16H24N3O3S+. The van der Waals surface area contributed by atoms with Crippen molar-refractivity contribution >= 4 is 21.6 Å². The minimum Gasteiger partial charge on any atom is -0.339 e. The van der Waals surface area contributed by atoms with Crippen LogP contribution in [0.25, 0.3) is 0 Å². The third-order valence-electron chi connectivity index (χ3n) is 4.62. The van der Waals surface area contributed by atoms with E-state index >= 15 is 0 Å². The second-order valence-corrected chi connectivity index (χ2v) is 8.46. The Labute approximate surface area is 137 Å². The summed E-state index contributed by atoms with van der Waals surface area (Å²) >= 11 is 0. The van der Waals surface area contributed by atoms with Crippen LogP contribution in [0.15, 0.2) is 17.0 Å². The third kappa shape index (κ3) is 2.88. The van der Waals surface area contributed by atoms with Gasteiger partial charge in [0.15, 0.2) is 0 Å². The fourth-order valence-electron chi connectivity index (χ4n) is 3.34. The second-order valence-electron chi connectivity index (χ2n) is 6.69. The maximum Gasteiger partial charge on any atom is 0.240 e. The highest BCUT2D eigenvalue weighted by Crippen LogP contribution is 2.43. The Hall–Kier alpha value is -1.44. The maximum absolute atomic E-state index is 12.6. The van der Waals surface area contributed by atoms with E-state index in [4.69, 9.17) is 0 Å². The van der Waals surface area contributed by atoms with E-state index in [2.05, 4.69) is 4.72 Å². The summed E-state index contributed by atoms with van der Waals surface area (Å²) in [5.41, 5.74) is 2.78. The number of hydrogen-bond acceptors (Lipinski definition) is 3. The molecule has 23 heavy (non-hydrogen) atoms. The standard InChI is InChI=1S/C16H23N3O3S/c1-11-14-10-13(23(21,22)17-6-8-18(2)3)9-12-5-4-7-19(15(12)14)16(11)20/h9-11,17H,4-8H2,1-3H3/p+1/t11-/m1/s1. The predicted octanol–water partition coefficient (Wildman–Crippen LogP) is -0.494. The molecule has 1 atom stereocenters. The van der Waals surface area contributed by atoms with Crippen LogP contribution in [0, 0.1) is 0 Å². The van der Waals surface area contributed by atoms with Gasteiger partial charge in [0.25, 0.3) is 0 Å². The van der Waals surface area contributed by atoms with Crippen LogP contribution in [-0.4, -0.2) is 48.1 Å². The molecule has 2 aliphatic rings. The van der Waals surface area contributed by atoms with Crippen molar-refractivity contribution in [2.24, 2.45) is 0 Å². The van der Waals surface area contributed by atoms with Crippen molar-refractivity contribution in [2.75, 3.05) is 38.6 Å². The zero-order chi connectivity index (χ0) is 16.8. The summed E-state index contributed by atoms with van der Waals surface area (Å²) < 4.78 is 27.8. The highest BCUT2D eigenvalue weighted by atomic mass is 32.2. The highest BCUT2D eigenvalue weighted by molar-refractivity contribution is 7.89. The van der Waals surface area contributed by atoms with Crippen LogP contribution >= 0.6 is 0 Å². The van der Waals surface area contributed by atoms with E-state index in [1.54, 1.807) is 12.1 Å². The molecule has 7 heteroatoms. The van der Waals surface area contributed by atoms with Crippen LogP contribution in [0.2, 0.25) is 0 Å². The van der Waals surface area contributed by atoms with Crippen LogP contribution in [0.4, 0.5) is 5.69 Å². The number of amides is 1. The monoisotopic (exact) mass is 338 g/mol. The number of nitrogens with one attached hydrogen (secondary N) is 2. The molecule has 1 aromatic rings. The van der Waals surface area contributed by atoms with Crippen LogP contribution in [0.1, 0.15) is 30.4 Å². The summed E-state index contributed by atoms with van der Waals surface area (Å²) in [5.74, 6) is -0.178. The maximum atomic E-state index is 12.6. The first-order chi connectivity index (χ1) is 10.8. The van der Waals surface area contributed by atoms with Gasteiger partial charge in [-0.05, 0) is 43.0 Å². The Morgan fingerprint density at radius 2 is 2.09 bits per heavy atom. The lowest BCUT2D eigenvalue weighted by Gasteiger charge is -2.26. The van der Waals surface area contributed by atoms with Gasteiger partial charge in [0.2, 0.25) is 15.9 Å². The van der Waals surface area contributed by atoms with E-state index in [1.807, 2.05) is 25.9 Å². The molecule has 0 aromatic heterocycles. The van der Waals surface area contributed by atoms with Gasteiger partial charge in [0.05, 0.1) is 43.7 Å². The molecule has 0 aliphatic carbocycles. The predicted molar refractivity (Wildman–Crippen MR) is 88.4 cm³/mol. The summed E-state index contributed by atoms with van der Waals surface area (Å²) in [6.07, 6.45) is 1.70. The van der Waals surface area contributed by atoms with Crippen molar-refractivity contribution in [3.8, 4) is 0 Å². The summed E-state index contributed by atoms with van der Waals surface area (Å²) in [6.45, 7) is 3.71. The van der Waals surface area contributed by atoms with Gasteiger partial charge in [-0.2, -0.15) is 0 Å². The number of carbonyl (C=O) groups is 1. The number of quaternary nitrogens is 1. The quantitative estimate of drug-likeness (QED) is 0.761. The third-order valence-corrected chi connectivity index (χ3v) is 6.06. The number of sulfonamides is 1. The Morgan fingerprint density at radius 1 is 1.35 bits per heavy atom. The number of aryl methyl sites for hydroxylation is 1. The first-order valence-corrected chi connectivity index (χ1v) is 9.56. The molecule has 0 radical (unpaired) electrons. The van der Waals surface area contributed by atoms with E-state index in [1.165, 1.54) is 4.90 Å². The van der Waals surface area contributed by atoms with E-state index in [-0.39, 0.29) is 16.7 Å². The van der Waals surface area contributed by atoms with Crippen molar-refractivity contribution in [1.29, 1.82) is 0 Å². The minimum atomic E-state index is -3.54. The zero-order valence-corrected chi connectivity index (χ0v) is 14.7. The zero-order valence-electron chi connectivity index (χ0n) is 13.8. The molecule has 2 N–H and O–H groups in total. The second kappa shape index (κ2) is 5.89. The lowest BCUT2D eigenvalue weighted by molar-refractivity contribution is -0.856. The molecule has 1 aromatic carbocycles. The largest absolute Gasteiger partial charge is 0.339 e. The number of anilines is 1. The Balaban J connectivity index is 1.96. The van der Waals surface area contributed by atoms with Gasteiger partial charge in [-0.3, -0.25) is 4.79 Å². The number of hydrogen-bond donors (Lipinski definition) is 2. The van der Waals surface area contributed by atoms with Gasteiger partial charge in [0, 0.05) is 6.54 Å². The molecule has 1 amide bonds. The topological polar surface area (TPSA) is 70.9 Å². The number of carbonyl (C=O) groups excluding carboxylic acids is 1. The summed E-state index contributed by atoms with van der Waals surface area (Å²) in [5, 5.41) is 0. The van der Waals surface area contributed by atoms with Crippen molar-refractivity contribution < 1.29 is 18.1 Å². The molecule has 0 unspecified atom stereocenters. The van der Waals surface area contributed by atoms with Crippen molar-refractivity contribution in [2.45, 2.75) is 30.6 Å². The van der Waals surface area contributed by atoms with E-state index in [0.29, 0.717) is 6.54 Å². The summed E-state index contributed by atoms with van der Waals surface area (Å²) in [4.78, 5) is 15.6. The molecule has 126 valence electrons. The SMILES string of the molecule is C[C@H]1C(=O)N2CCCc3cc(S(=O)(=O)NCC[NH+](C)C)cc1c32. The Kier molecular flexibility index (Phi) is 4.20. The van der Waals surface area contributed by atoms with Crippen LogP contribution < -0.4 is 14.5 Å².